The molecule has 0 aromatic heterocycles. The molecule has 0 fully saturated rings. The third kappa shape index (κ3) is 6.55. The van der Waals surface area contributed by atoms with Gasteiger partial charge in [-0.15, -0.1) is 0 Å². The number of hydrogen-bond acceptors (Lipinski definition) is 0. The van der Waals surface area contributed by atoms with Crippen LogP contribution in [0.1, 0.15) is 0 Å². The molecule has 7 aromatic rings. The van der Waals surface area contributed by atoms with E-state index in [0.717, 1.165) is 6.16 Å². The van der Waals surface area contributed by atoms with Crippen LogP contribution in [-0.2, 0) is 0 Å². The second-order valence-electron chi connectivity index (χ2n) is 11.8. The first kappa shape index (κ1) is 31.7. The molecule has 2 heteroatoms. The Bertz CT molecular complexity index is 1670. The van der Waals surface area contributed by atoms with Gasteiger partial charge in [0.1, 0.15) is 29.3 Å². The molecule has 0 heterocycles. The van der Waals surface area contributed by atoms with Crippen molar-refractivity contribution < 1.29 is 0 Å². The van der Waals surface area contributed by atoms with Crippen LogP contribution >= 0.6 is 7.26 Å². The molecule has 0 saturated heterocycles. The van der Waals surface area contributed by atoms with Crippen molar-refractivity contribution >= 4 is 51.2 Å². The van der Waals surface area contributed by atoms with Crippen molar-refractivity contribution in [2.45, 2.75) is 0 Å². The Labute approximate surface area is 281 Å². The van der Waals surface area contributed by atoms with Gasteiger partial charge in [-0.3, -0.25) is 0 Å². The van der Waals surface area contributed by atoms with Gasteiger partial charge < -0.3 is 0 Å². The summed E-state index contributed by atoms with van der Waals surface area (Å²) in [6.07, 6.45) is 1.83. The van der Waals surface area contributed by atoms with Crippen LogP contribution in [0.4, 0.5) is 0 Å². The van der Waals surface area contributed by atoms with E-state index in [0.29, 0.717) is 0 Å². The summed E-state index contributed by atoms with van der Waals surface area (Å²) < 4.78 is 0. The van der Waals surface area contributed by atoms with Crippen molar-refractivity contribution in [1.29, 1.82) is 0 Å². The summed E-state index contributed by atoms with van der Waals surface area (Å²) in [4.78, 5) is 0. The summed E-state index contributed by atoms with van der Waals surface area (Å²) in [5.41, 5.74) is 5.36. The van der Waals surface area contributed by atoms with Crippen molar-refractivity contribution in [3.8, 4) is 0 Å². The van der Waals surface area contributed by atoms with Gasteiger partial charge in [0.2, 0.25) is 0 Å². The molecule has 7 aromatic carbocycles. The van der Waals surface area contributed by atoms with Gasteiger partial charge in [-0.2, -0.15) is 21.9 Å². The minimum Gasteiger partial charge on any atom is -0.195 e. The molecule has 7 rings (SSSR count). The maximum absolute atomic E-state index is 4.05. The van der Waals surface area contributed by atoms with Crippen molar-refractivity contribution in [2.24, 2.45) is 0 Å². The van der Waals surface area contributed by atoms with Crippen LogP contribution < -0.4 is 37.8 Å². The molecule has 0 saturated carbocycles. The van der Waals surface area contributed by atoms with E-state index in [1.54, 1.807) is 0 Å². The summed E-state index contributed by atoms with van der Waals surface area (Å²) >= 11 is 0. The van der Waals surface area contributed by atoms with Gasteiger partial charge >= 0.3 is 0 Å². The van der Waals surface area contributed by atoms with E-state index in [1.165, 1.54) is 37.8 Å². The zero-order valence-corrected chi connectivity index (χ0v) is 27.6. The Kier molecular flexibility index (Phi) is 10.4. The maximum atomic E-state index is 4.05. The normalized spacial score (nSPS) is 11.1. The van der Waals surface area contributed by atoms with Crippen molar-refractivity contribution in [3.05, 3.63) is 225 Å². The van der Waals surface area contributed by atoms with Crippen molar-refractivity contribution in [3.63, 3.8) is 0 Å². The topological polar surface area (TPSA) is 0 Å². The second kappa shape index (κ2) is 15.4. The molecule has 0 amide bonds. The SMILES string of the molecule is C=CC[P+](c1ccccc1)(c1ccccc1)c1ccccc1.c1ccc([B-](c2ccccc2)(c2ccccc2)c2ccccc2)cc1. The lowest BCUT2D eigenvalue weighted by molar-refractivity contribution is 1.66. The van der Waals surface area contributed by atoms with Crippen LogP contribution in [0, 0.1) is 0 Å². The first-order valence-electron chi connectivity index (χ1n) is 16.3. The Balaban J connectivity index is 0.000000166. The Morgan fingerprint density at radius 3 is 0.766 bits per heavy atom. The molecule has 47 heavy (non-hydrogen) atoms. The predicted octanol–water partition coefficient (Wildman–Crippen LogP) is 7.23. The fourth-order valence-corrected chi connectivity index (χ4v) is 11.1. The van der Waals surface area contributed by atoms with Crippen LogP contribution in [0.3, 0.4) is 0 Å². The smallest absolute Gasteiger partial charge is 0.115 e. The highest BCUT2D eigenvalue weighted by Gasteiger charge is 2.43. The van der Waals surface area contributed by atoms with Gasteiger partial charge in [-0.05, 0) is 36.4 Å². The zero-order chi connectivity index (χ0) is 32.2. The van der Waals surface area contributed by atoms with Crippen LogP contribution in [0.25, 0.3) is 0 Å². The Hall–Kier alpha value is -5.23. The molecule has 0 aliphatic heterocycles. The monoisotopic (exact) mass is 622 g/mol. The highest BCUT2D eigenvalue weighted by Crippen LogP contribution is 2.55. The highest BCUT2D eigenvalue weighted by molar-refractivity contribution is 7.95. The molecule has 0 radical (unpaired) electrons. The van der Waals surface area contributed by atoms with Crippen molar-refractivity contribution in [1.82, 2.24) is 0 Å². The molecular weight excluding hydrogens is 582 g/mol. The number of allylic oxidation sites excluding steroid dienone is 1. The molecule has 0 N–H and O–H groups in total. The molecule has 0 aliphatic carbocycles. The standard InChI is InChI=1S/C24H20B.C21H20P/c1-5-13-21(14-6-1)25(22-15-7-2-8-16-22,23-17-9-3-10-18-23)24-19-11-4-12-20-24;1-2-18-22(19-12-6-3-7-13-19,20-14-8-4-9-15-20)21-16-10-5-11-17-21/h1-20H;2-17H,1,18H2/q-1;+1. The van der Waals surface area contributed by atoms with Crippen LogP contribution in [-0.4, -0.2) is 12.3 Å². The minimum atomic E-state index is -1.67. The molecular formula is C45H40BP. The zero-order valence-electron chi connectivity index (χ0n) is 26.7. The van der Waals surface area contributed by atoms with Crippen LogP contribution in [0.2, 0.25) is 0 Å². The van der Waals surface area contributed by atoms with E-state index in [1.807, 2.05) is 0 Å². The van der Waals surface area contributed by atoms with E-state index in [2.05, 4.69) is 225 Å². The Morgan fingerprint density at radius 2 is 0.553 bits per heavy atom. The van der Waals surface area contributed by atoms with Gasteiger partial charge in [0.25, 0.3) is 0 Å². The fourth-order valence-electron chi connectivity index (χ4n) is 7.13. The molecule has 0 nitrogen and oxygen atoms in total. The quantitative estimate of drug-likeness (QED) is 0.0906. The average molecular weight is 623 g/mol. The third-order valence-electron chi connectivity index (χ3n) is 9.19. The van der Waals surface area contributed by atoms with Crippen LogP contribution in [0.15, 0.2) is 225 Å². The van der Waals surface area contributed by atoms with E-state index >= 15 is 0 Å². The number of rotatable bonds is 9. The van der Waals surface area contributed by atoms with Gasteiger partial charge in [-0.1, -0.05) is 189 Å². The molecule has 0 bridgehead atoms. The predicted molar refractivity (Wildman–Crippen MR) is 210 cm³/mol. The van der Waals surface area contributed by atoms with Gasteiger partial charge in [0.15, 0.2) is 0 Å². The molecule has 0 aliphatic rings. The summed E-state index contributed by atoms with van der Waals surface area (Å²) in [5, 5.41) is 4.23. The van der Waals surface area contributed by atoms with Gasteiger partial charge in [0.05, 0.1) is 6.16 Å². The van der Waals surface area contributed by atoms with Gasteiger partial charge in [0, 0.05) is 0 Å². The lowest BCUT2D eigenvalue weighted by atomic mass is 9.13. The fraction of sp³-hybridized carbons (Fsp3) is 0.0222. The molecule has 0 atom stereocenters. The third-order valence-corrected chi connectivity index (χ3v) is 13.5. The minimum absolute atomic E-state index is 0.977. The lowest BCUT2D eigenvalue weighted by Crippen LogP contribution is -2.74. The highest BCUT2D eigenvalue weighted by atomic mass is 31.2. The van der Waals surface area contributed by atoms with Crippen LogP contribution in [0.5, 0.6) is 0 Å². The number of hydrogen-bond donors (Lipinski definition) is 0. The van der Waals surface area contributed by atoms with E-state index < -0.39 is 13.4 Å². The largest absolute Gasteiger partial charge is 0.195 e. The number of benzene rings is 7. The summed E-state index contributed by atoms with van der Waals surface area (Å²) in [6.45, 7) is 4.05. The van der Waals surface area contributed by atoms with E-state index in [4.69, 9.17) is 0 Å². The lowest BCUT2D eigenvalue weighted by Gasteiger charge is -2.44. The first-order chi connectivity index (χ1) is 23.3. The van der Waals surface area contributed by atoms with E-state index in [9.17, 15) is 0 Å². The first-order valence-corrected chi connectivity index (χ1v) is 18.3. The average Bonchev–Trinajstić information content (AvgIpc) is 3.17. The van der Waals surface area contributed by atoms with Crippen molar-refractivity contribution in [2.75, 3.05) is 6.16 Å². The Morgan fingerprint density at radius 1 is 0.340 bits per heavy atom. The summed E-state index contributed by atoms with van der Waals surface area (Å²) in [7, 11) is -1.67. The van der Waals surface area contributed by atoms with E-state index in [-0.39, 0.29) is 0 Å². The molecule has 228 valence electrons. The summed E-state index contributed by atoms with van der Waals surface area (Å²) in [5.74, 6) is 0. The molecule has 0 unspecified atom stereocenters. The maximum Gasteiger partial charge on any atom is 0.115 e. The summed E-state index contributed by atoms with van der Waals surface area (Å²) in [6, 6.07) is 76.2. The molecule has 0 spiro atoms. The van der Waals surface area contributed by atoms with Gasteiger partial charge in [-0.25, -0.2) is 0 Å². The second-order valence-corrected chi connectivity index (χ2v) is 15.3.